The topological polar surface area (TPSA) is 160 Å². The lowest BCUT2D eigenvalue weighted by atomic mass is 9.99. The summed E-state index contributed by atoms with van der Waals surface area (Å²) in [6.07, 6.45) is -8.62. The van der Waals surface area contributed by atoms with Crippen LogP contribution in [-0.2, 0) is 9.53 Å². The van der Waals surface area contributed by atoms with Crippen LogP contribution in [0.25, 0.3) is 0 Å². The van der Waals surface area contributed by atoms with Crippen molar-refractivity contribution in [3.8, 4) is 5.75 Å². The van der Waals surface area contributed by atoms with Crippen molar-refractivity contribution in [3.63, 3.8) is 0 Å². The van der Waals surface area contributed by atoms with Crippen molar-refractivity contribution in [3.05, 3.63) is 34.4 Å². The molecular weight excluding hydrogens is 302 g/mol. The molecule has 2 rings (SSSR count). The fourth-order valence-electron chi connectivity index (χ4n) is 1.93. The van der Waals surface area contributed by atoms with E-state index in [1.165, 1.54) is 12.1 Å². The first-order valence-corrected chi connectivity index (χ1v) is 6.15. The van der Waals surface area contributed by atoms with Crippen LogP contribution in [0.2, 0.25) is 0 Å². The first-order chi connectivity index (χ1) is 10.3. The van der Waals surface area contributed by atoms with E-state index in [1.807, 2.05) is 0 Å². The van der Waals surface area contributed by atoms with Crippen LogP contribution in [0.4, 0.5) is 5.69 Å². The predicted molar refractivity (Wildman–Crippen MR) is 68.0 cm³/mol. The summed E-state index contributed by atoms with van der Waals surface area (Å²) in [5, 5.41) is 48.3. The number of aliphatic hydroxyl groups excluding tert-OH is 3. The number of carbonyl (C=O) groups is 1. The molecule has 0 radical (unpaired) electrons. The fraction of sp³-hybridized carbons (Fsp3) is 0.417. The molecule has 1 fully saturated rings. The third-order valence-corrected chi connectivity index (χ3v) is 3.11. The number of nitro benzene ring substituents is 1. The minimum Gasteiger partial charge on any atom is -0.479 e. The Morgan fingerprint density at radius 1 is 1.14 bits per heavy atom. The molecule has 10 nitrogen and oxygen atoms in total. The van der Waals surface area contributed by atoms with Gasteiger partial charge < -0.3 is 29.9 Å². The van der Waals surface area contributed by atoms with Crippen molar-refractivity contribution in [2.24, 2.45) is 0 Å². The van der Waals surface area contributed by atoms with Gasteiger partial charge in [0.1, 0.15) is 24.1 Å². The van der Waals surface area contributed by atoms with Gasteiger partial charge in [0.25, 0.3) is 5.69 Å². The van der Waals surface area contributed by atoms with Crippen molar-refractivity contribution in [1.29, 1.82) is 0 Å². The number of hydrogen-bond donors (Lipinski definition) is 4. The summed E-state index contributed by atoms with van der Waals surface area (Å²) < 4.78 is 10.1. The van der Waals surface area contributed by atoms with Gasteiger partial charge in [-0.05, 0) is 12.1 Å². The third-order valence-electron chi connectivity index (χ3n) is 3.11. The summed E-state index contributed by atoms with van der Waals surface area (Å²) >= 11 is 0. The molecule has 0 unspecified atom stereocenters. The monoisotopic (exact) mass is 315 g/mol. The molecule has 4 N–H and O–H groups in total. The van der Waals surface area contributed by atoms with Crippen molar-refractivity contribution in [1.82, 2.24) is 0 Å². The number of carboxylic acid groups (broad SMARTS) is 1. The minimum absolute atomic E-state index is 0.0578. The van der Waals surface area contributed by atoms with Gasteiger partial charge in [0.15, 0.2) is 6.10 Å². The summed E-state index contributed by atoms with van der Waals surface area (Å²) in [6, 6.07) is 4.73. The molecule has 0 aliphatic carbocycles. The molecule has 1 aliphatic heterocycles. The number of aliphatic hydroxyl groups is 3. The third kappa shape index (κ3) is 3.14. The standard InChI is InChI=1S/C12H13NO9/c14-7-8(15)10(11(17)18)22-12(9(7)16)21-6-3-1-5(2-4-6)13(19)20/h1-4,7-10,12,14-16H,(H,17,18)/t7-,8+,9+,10-,12-/m1/s1. The second-order valence-electron chi connectivity index (χ2n) is 4.60. The molecule has 0 spiro atoms. The van der Waals surface area contributed by atoms with Gasteiger partial charge in [-0.15, -0.1) is 0 Å². The molecule has 5 atom stereocenters. The SMILES string of the molecule is O=C(O)[C@@H]1O[C@@H](Oc2ccc([N+](=O)[O-])cc2)[C@@H](O)[C@H](O)[C@@H]1O. The van der Waals surface area contributed by atoms with Gasteiger partial charge >= 0.3 is 5.97 Å². The summed E-state index contributed by atoms with van der Waals surface area (Å²) in [6.45, 7) is 0. The molecule has 120 valence electrons. The number of ether oxygens (including phenoxy) is 2. The first-order valence-electron chi connectivity index (χ1n) is 6.15. The van der Waals surface area contributed by atoms with E-state index >= 15 is 0 Å². The van der Waals surface area contributed by atoms with Gasteiger partial charge in [0, 0.05) is 12.1 Å². The summed E-state index contributed by atoms with van der Waals surface area (Å²) in [4.78, 5) is 20.8. The van der Waals surface area contributed by atoms with Gasteiger partial charge in [-0.25, -0.2) is 4.79 Å². The Kier molecular flexibility index (Phi) is 4.56. The van der Waals surface area contributed by atoms with E-state index < -0.39 is 41.6 Å². The maximum atomic E-state index is 10.9. The van der Waals surface area contributed by atoms with Crippen LogP contribution < -0.4 is 4.74 Å². The average molecular weight is 315 g/mol. The number of hydrogen-bond acceptors (Lipinski definition) is 8. The molecule has 10 heteroatoms. The summed E-state index contributed by atoms with van der Waals surface area (Å²) in [5.41, 5.74) is -0.184. The van der Waals surface area contributed by atoms with E-state index in [4.69, 9.17) is 14.6 Å². The largest absolute Gasteiger partial charge is 0.479 e. The molecule has 0 saturated carbocycles. The number of carboxylic acids is 1. The first kappa shape index (κ1) is 16.1. The number of non-ortho nitro benzene ring substituents is 1. The Hall–Kier alpha value is -2.27. The van der Waals surface area contributed by atoms with Gasteiger partial charge in [-0.3, -0.25) is 10.1 Å². The number of nitro groups is 1. The zero-order valence-corrected chi connectivity index (χ0v) is 11.0. The van der Waals surface area contributed by atoms with Crippen LogP contribution >= 0.6 is 0 Å². The Bertz CT molecular complexity index is 560. The maximum absolute atomic E-state index is 10.9. The lowest BCUT2D eigenvalue weighted by Gasteiger charge is -2.38. The van der Waals surface area contributed by atoms with Crippen molar-refractivity contribution in [2.45, 2.75) is 30.7 Å². The average Bonchev–Trinajstić information content (AvgIpc) is 2.48. The van der Waals surface area contributed by atoms with Crippen LogP contribution in [0.1, 0.15) is 0 Å². The van der Waals surface area contributed by atoms with Crippen LogP contribution in [0.15, 0.2) is 24.3 Å². The Morgan fingerprint density at radius 2 is 1.73 bits per heavy atom. The van der Waals surface area contributed by atoms with E-state index in [0.29, 0.717) is 0 Å². The molecular formula is C12H13NO9. The van der Waals surface area contributed by atoms with Gasteiger partial charge in [0.05, 0.1) is 4.92 Å². The van der Waals surface area contributed by atoms with Crippen LogP contribution in [-0.4, -0.2) is 62.0 Å². The second-order valence-corrected chi connectivity index (χ2v) is 4.60. The molecule has 1 aliphatic rings. The van der Waals surface area contributed by atoms with E-state index in [9.17, 15) is 30.2 Å². The number of nitrogens with zero attached hydrogens (tertiary/aromatic N) is 1. The molecule has 1 aromatic carbocycles. The molecule has 1 saturated heterocycles. The number of aliphatic carboxylic acids is 1. The highest BCUT2D eigenvalue weighted by atomic mass is 16.7. The predicted octanol–water partition coefficient (Wildman–Crippen LogP) is -1.13. The fourth-order valence-corrected chi connectivity index (χ4v) is 1.93. The minimum atomic E-state index is -1.82. The molecule has 0 amide bonds. The maximum Gasteiger partial charge on any atom is 0.335 e. The van der Waals surface area contributed by atoms with E-state index in [0.717, 1.165) is 12.1 Å². The van der Waals surface area contributed by atoms with Crippen molar-refractivity contribution in [2.75, 3.05) is 0 Å². The van der Waals surface area contributed by atoms with Crippen molar-refractivity contribution < 1.29 is 39.6 Å². The van der Waals surface area contributed by atoms with E-state index in [-0.39, 0.29) is 11.4 Å². The van der Waals surface area contributed by atoms with E-state index in [2.05, 4.69) is 0 Å². The molecule has 22 heavy (non-hydrogen) atoms. The van der Waals surface area contributed by atoms with Gasteiger partial charge in [-0.2, -0.15) is 0 Å². The molecule has 0 bridgehead atoms. The molecule has 0 aromatic heterocycles. The van der Waals surface area contributed by atoms with Gasteiger partial charge in [-0.1, -0.05) is 0 Å². The Morgan fingerprint density at radius 3 is 2.23 bits per heavy atom. The van der Waals surface area contributed by atoms with Crippen LogP contribution in [0, 0.1) is 10.1 Å². The van der Waals surface area contributed by atoms with Crippen LogP contribution in [0.3, 0.4) is 0 Å². The lowest BCUT2D eigenvalue weighted by molar-refractivity contribution is -0.384. The Labute approximate surface area is 123 Å². The summed E-state index contributed by atoms with van der Waals surface area (Å²) in [5.74, 6) is -1.47. The van der Waals surface area contributed by atoms with Crippen LogP contribution in [0.5, 0.6) is 5.75 Å². The normalized spacial score (nSPS) is 31.5. The zero-order chi connectivity index (χ0) is 16.4. The quantitative estimate of drug-likeness (QED) is 0.398. The Balaban J connectivity index is 2.13. The molecule has 1 aromatic rings. The number of rotatable bonds is 4. The highest BCUT2D eigenvalue weighted by Gasteiger charge is 2.48. The second kappa shape index (κ2) is 6.23. The highest BCUT2D eigenvalue weighted by Crippen LogP contribution is 2.25. The van der Waals surface area contributed by atoms with E-state index in [1.54, 1.807) is 0 Å². The van der Waals surface area contributed by atoms with Gasteiger partial charge in [0.2, 0.25) is 6.29 Å². The highest BCUT2D eigenvalue weighted by molar-refractivity contribution is 5.73. The van der Waals surface area contributed by atoms with Crippen molar-refractivity contribution >= 4 is 11.7 Å². The smallest absolute Gasteiger partial charge is 0.335 e. The summed E-state index contributed by atoms with van der Waals surface area (Å²) in [7, 11) is 0. The number of benzene rings is 1. The zero-order valence-electron chi connectivity index (χ0n) is 11.0. The molecule has 1 heterocycles. The lowest BCUT2D eigenvalue weighted by Crippen LogP contribution is -2.61.